The van der Waals surface area contributed by atoms with Crippen LogP contribution in [0.1, 0.15) is 32.6 Å². The lowest BCUT2D eigenvalue weighted by Crippen LogP contribution is -2.26. The Hall–Kier alpha value is -1.22. The Kier molecular flexibility index (Phi) is 4.12. The van der Waals surface area contributed by atoms with Crippen LogP contribution in [0.4, 0.5) is 11.4 Å². The Morgan fingerprint density at radius 3 is 2.61 bits per heavy atom. The molecular weight excluding hydrogens is 248 g/mol. The second-order valence-electron chi connectivity index (χ2n) is 5.19. The molecule has 4 heteroatoms. The van der Waals surface area contributed by atoms with Crippen molar-refractivity contribution in [3.05, 3.63) is 23.2 Å². The van der Waals surface area contributed by atoms with Crippen molar-refractivity contribution in [3.8, 4) is 0 Å². The number of carbonyl (C=O) groups is 1. The summed E-state index contributed by atoms with van der Waals surface area (Å²) in [7, 11) is 0. The first-order chi connectivity index (χ1) is 8.56. The van der Waals surface area contributed by atoms with Gasteiger partial charge in [0.2, 0.25) is 5.91 Å². The highest BCUT2D eigenvalue weighted by atomic mass is 35.5. The third kappa shape index (κ3) is 3.16. The fourth-order valence-corrected chi connectivity index (χ4v) is 2.63. The zero-order valence-corrected chi connectivity index (χ0v) is 11.3. The van der Waals surface area contributed by atoms with E-state index in [0.29, 0.717) is 16.4 Å². The van der Waals surface area contributed by atoms with Gasteiger partial charge in [0, 0.05) is 11.6 Å². The van der Waals surface area contributed by atoms with E-state index in [4.69, 9.17) is 17.3 Å². The molecule has 1 amide bonds. The van der Waals surface area contributed by atoms with Crippen molar-refractivity contribution >= 4 is 28.9 Å². The minimum Gasteiger partial charge on any atom is -0.399 e. The summed E-state index contributed by atoms with van der Waals surface area (Å²) in [6, 6.07) is 5.14. The van der Waals surface area contributed by atoms with Crippen molar-refractivity contribution in [2.75, 3.05) is 11.1 Å². The van der Waals surface area contributed by atoms with Crippen LogP contribution >= 0.6 is 11.6 Å². The number of nitrogen functional groups attached to an aromatic ring is 1. The van der Waals surface area contributed by atoms with Crippen LogP contribution in [0.25, 0.3) is 0 Å². The zero-order chi connectivity index (χ0) is 13.1. The number of benzene rings is 1. The van der Waals surface area contributed by atoms with Crippen molar-refractivity contribution in [3.63, 3.8) is 0 Å². The van der Waals surface area contributed by atoms with Crippen molar-refractivity contribution in [1.82, 2.24) is 0 Å². The molecule has 0 bridgehead atoms. The van der Waals surface area contributed by atoms with E-state index in [-0.39, 0.29) is 11.8 Å². The molecule has 98 valence electrons. The Morgan fingerprint density at radius 2 is 2.00 bits per heavy atom. The van der Waals surface area contributed by atoms with Gasteiger partial charge in [0.15, 0.2) is 0 Å². The molecule has 18 heavy (non-hydrogen) atoms. The van der Waals surface area contributed by atoms with Crippen molar-refractivity contribution in [2.24, 2.45) is 11.8 Å². The Morgan fingerprint density at radius 1 is 1.33 bits per heavy atom. The topological polar surface area (TPSA) is 55.1 Å². The van der Waals surface area contributed by atoms with Crippen LogP contribution in [0.3, 0.4) is 0 Å². The first kappa shape index (κ1) is 13.2. The fourth-order valence-electron chi connectivity index (χ4n) is 2.39. The fraction of sp³-hybridized carbons (Fsp3) is 0.500. The second-order valence-corrected chi connectivity index (χ2v) is 5.59. The average Bonchev–Trinajstić information content (AvgIpc) is 2.33. The standard InChI is InChI=1S/C14H19ClN2O/c1-9-2-4-10(5-3-9)14(18)17-13-7-6-11(16)8-12(13)15/h6-10H,2-5,16H2,1H3,(H,17,18). The van der Waals surface area contributed by atoms with Gasteiger partial charge in [-0.3, -0.25) is 4.79 Å². The summed E-state index contributed by atoms with van der Waals surface area (Å²) in [5.74, 6) is 0.942. The maximum Gasteiger partial charge on any atom is 0.227 e. The van der Waals surface area contributed by atoms with Crippen LogP contribution in [-0.2, 0) is 4.79 Å². The lowest BCUT2D eigenvalue weighted by molar-refractivity contribution is -0.121. The van der Waals surface area contributed by atoms with E-state index in [1.807, 2.05) is 0 Å². The van der Waals surface area contributed by atoms with Gasteiger partial charge in [0.25, 0.3) is 0 Å². The normalized spacial score (nSPS) is 23.7. The van der Waals surface area contributed by atoms with Gasteiger partial charge >= 0.3 is 0 Å². The molecule has 1 saturated carbocycles. The van der Waals surface area contributed by atoms with Crippen LogP contribution in [0.2, 0.25) is 5.02 Å². The van der Waals surface area contributed by atoms with E-state index in [9.17, 15) is 4.79 Å². The average molecular weight is 267 g/mol. The van der Waals surface area contributed by atoms with Gasteiger partial charge in [-0.05, 0) is 49.8 Å². The van der Waals surface area contributed by atoms with Gasteiger partial charge < -0.3 is 11.1 Å². The van der Waals surface area contributed by atoms with Gasteiger partial charge in [0.1, 0.15) is 0 Å². The molecule has 0 heterocycles. The first-order valence-corrected chi connectivity index (χ1v) is 6.80. The Balaban J connectivity index is 1.98. The number of nitrogens with one attached hydrogen (secondary N) is 1. The molecule has 0 aromatic heterocycles. The molecular formula is C14H19ClN2O. The van der Waals surface area contributed by atoms with E-state index in [0.717, 1.165) is 31.6 Å². The largest absolute Gasteiger partial charge is 0.399 e. The van der Waals surface area contributed by atoms with E-state index >= 15 is 0 Å². The molecule has 0 spiro atoms. The summed E-state index contributed by atoms with van der Waals surface area (Å²) in [6.45, 7) is 2.24. The summed E-state index contributed by atoms with van der Waals surface area (Å²) in [5.41, 5.74) is 6.87. The van der Waals surface area contributed by atoms with Crippen LogP contribution in [0.15, 0.2) is 18.2 Å². The van der Waals surface area contributed by atoms with Crippen molar-refractivity contribution < 1.29 is 4.79 Å². The predicted octanol–water partition coefficient (Wildman–Crippen LogP) is 3.69. The maximum atomic E-state index is 12.1. The highest BCUT2D eigenvalue weighted by Gasteiger charge is 2.24. The summed E-state index contributed by atoms with van der Waals surface area (Å²) in [5, 5.41) is 3.39. The molecule has 0 saturated heterocycles. The van der Waals surface area contributed by atoms with Crippen molar-refractivity contribution in [1.29, 1.82) is 0 Å². The smallest absolute Gasteiger partial charge is 0.227 e. The summed E-state index contributed by atoms with van der Waals surface area (Å²) < 4.78 is 0. The number of amides is 1. The number of hydrogen-bond donors (Lipinski definition) is 2. The number of nitrogens with two attached hydrogens (primary N) is 1. The van der Waals surface area contributed by atoms with Gasteiger partial charge in [-0.25, -0.2) is 0 Å². The lowest BCUT2D eigenvalue weighted by Gasteiger charge is -2.25. The molecule has 1 aromatic carbocycles. The molecule has 3 nitrogen and oxygen atoms in total. The molecule has 0 radical (unpaired) electrons. The second kappa shape index (κ2) is 5.61. The summed E-state index contributed by atoms with van der Waals surface area (Å²) in [6.07, 6.45) is 4.21. The maximum absolute atomic E-state index is 12.1. The Labute approximate surface area is 113 Å². The number of hydrogen-bond acceptors (Lipinski definition) is 2. The third-order valence-corrected chi connectivity index (χ3v) is 3.95. The van der Waals surface area contributed by atoms with E-state index < -0.39 is 0 Å². The molecule has 1 aliphatic rings. The number of halogens is 1. The number of anilines is 2. The first-order valence-electron chi connectivity index (χ1n) is 6.42. The molecule has 1 aliphatic carbocycles. The van der Waals surface area contributed by atoms with Gasteiger partial charge in [0.05, 0.1) is 10.7 Å². The molecule has 0 unspecified atom stereocenters. The SMILES string of the molecule is CC1CCC(C(=O)Nc2ccc(N)cc2Cl)CC1. The minimum atomic E-state index is 0.0774. The zero-order valence-electron chi connectivity index (χ0n) is 10.6. The molecule has 3 N–H and O–H groups in total. The van der Waals surface area contributed by atoms with E-state index in [1.54, 1.807) is 18.2 Å². The molecule has 1 aromatic rings. The van der Waals surface area contributed by atoms with Crippen LogP contribution in [0.5, 0.6) is 0 Å². The molecule has 0 atom stereocenters. The Bertz CT molecular complexity index is 439. The minimum absolute atomic E-state index is 0.0774. The van der Waals surface area contributed by atoms with Gasteiger partial charge in [-0.2, -0.15) is 0 Å². The van der Waals surface area contributed by atoms with Gasteiger partial charge in [-0.1, -0.05) is 18.5 Å². The third-order valence-electron chi connectivity index (χ3n) is 3.64. The number of carbonyl (C=O) groups excluding carboxylic acids is 1. The summed E-state index contributed by atoms with van der Waals surface area (Å²) in [4.78, 5) is 12.1. The van der Waals surface area contributed by atoms with E-state index in [1.165, 1.54) is 0 Å². The molecule has 0 aliphatic heterocycles. The van der Waals surface area contributed by atoms with Crippen molar-refractivity contribution in [2.45, 2.75) is 32.6 Å². The van der Waals surface area contributed by atoms with Crippen LogP contribution < -0.4 is 11.1 Å². The lowest BCUT2D eigenvalue weighted by atomic mass is 9.82. The summed E-state index contributed by atoms with van der Waals surface area (Å²) >= 11 is 6.04. The highest BCUT2D eigenvalue weighted by Crippen LogP contribution is 2.30. The highest BCUT2D eigenvalue weighted by molar-refractivity contribution is 6.34. The quantitative estimate of drug-likeness (QED) is 0.802. The molecule has 2 rings (SSSR count). The van der Waals surface area contributed by atoms with E-state index in [2.05, 4.69) is 12.2 Å². The number of rotatable bonds is 2. The van der Waals surface area contributed by atoms with Crippen LogP contribution in [0, 0.1) is 11.8 Å². The molecule has 1 fully saturated rings. The van der Waals surface area contributed by atoms with Gasteiger partial charge in [-0.15, -0.1) is 0 Å². The monoisotopic (exact) mass is 266 g/mol. The predicted molar refractivity (Wildman–Crippen MR) is 75.6 cm³/mol. The van der Waals surface area contributed by atoms with Crippen LogP contribution in [-0.4, -0.2) is 5.91 Å².